The molecule has 0 atom stereocenters. The van der Waals surface area contributed by atoms with Gasteiger partial charge in [0.05, 0.1) is 25.1 Å². The van der Waals surface area contributed by atoms with Crippen LogP contribution in [0, 0.1) is 0 Å². The van der Waals surface area contributed by atoms with E-state index in [-0.39, 0.29) is 11.7 Å². The SMILES string of the molecule is COc1ccc(CNC(=O)CSc2nnc(CNc3nc(-c4ccccc4)cs3)n2C)cc1. The van der Waals surface area contributed by atoms with Crippen LogP contribution in [0.4, 0.5) is 5.13 Å². The summed E-state index contributed by atoms with van der Waals surface area (Å²) >= 11 is 2.91. The minimum absolute atomic E-state index is 0.0604. The lowest BCUT2D eigenvalue weighted by Gasteiger charge is -2.07. The first-order valence-corrected chi connectivity index (χ1v) is 12.1. The van der Waals surface area contributed by atoms with Gasteiger partial charge in [0.1, 0.15) is 5.75 Å². The third-order valence-corrected chi connectivity index (χ3v) is 6.70. The molecule has 0 aliphatic heterocycles. The average Bonchev–Trinajstić information content (AvgIpc) is 3.47. The number of carbonyl (C=O) groups is 1. The lowest BCUT2D eigenvalue weighted by molar-refractivity contribution is -0.118. The Morgan fingerprint density at radius 1 is 1.09 bits per heavy atom. The first kappa shape index (κ1) is 22.8. The van der Waals surface area contributed by atoms with E-state index >= 15 is 0 Å². The topological polar surface area (TPSA) is 94.0 Å². The van der Waals surface area contributed by atoms with Crippen LogP contribution < -0.4 is 15.4 Å². The molecule has 8 nitrogen and oxygen atoms in total. The summed E-state index contributed by atoms with van der Waals surface area (Å²) in [6, 6.07) is 17.7. The molecule has 4 aromatic rings. The molecule has 0 bridgehead atoms. The number of ether oxygens (including phenoxy) is 1. The Morgan fingerprint density at radius 2 is 1.88 bits per heavy atom. The van der Waals surface area contributed by atoms with Crippen molar-refractivity contribution in [3.8, 4) is 17.0 Å². The first-order chi connectivity index (χ1) is 16.1. The first-order valence-electron chi connectivity index (χ1n) is 10.3. The standard InChI is InChI=1S/C23H24N6O2S2/c1-29-20(13-25-22-26-19(14-32-22)17-6-4-3-5-7-17)27-28-23(29)33-15-21(30)24-12-16-8-10-18(31-2)11-9-16/h3-11,14H,12-13,15H2,1-2H3,(H,24,30)(H,25,26). The second-order valence-electron chi connectivity index (χ2n) is 7.13. The van der Waals surface area contributed by atoms with Crippen molar-refractivity contribution in [3.63, 3.8) is 0 Å². The van der Waals surface area contributed by atoms with Gasteiger partial charge in [-0.1, -0.05) is 54.2 Å². The third-order valence-electron chi connectivity index (χ3n) is 4.88. The van der Waals surface area contributed by atoms with Gasteiger partial charge < -0.3 is 19.9 Å². The number of nitrogens with zero attached hydrogens (tertiary/aromatic N) is 4. The highest BCUT2D eigenvalue weighted by molar-refractivity contribution is 7.99. The molecule has 2 heterocycles. The number of nitrogens with one attached hydrogen (secondary N) is 2. The van der Waals surface area contributed by atoms with Crippen molar-refractivity contribution in [1.29, 1.82) is 0 Å². The molecule has 4 rings (SSSR count). The van der Waals surface area contributed by atoms with Gasteiger partial charge in [-0.2, -0.15) is 0 Å². The van der Waals surface area contributed by atoms with Crippen LogP contribution in [0.15, 0.2) is 65.1 Å². The Hall–Kier alpha value is -3.37. The third kappa shape index (κ3) is 6.11. The number of aromatic nitrogens is 4. The van der Waals surface area contributed by atoms with Crippen LogP contribution in [0.3, 0.4) is 0 Å². The Kier molecular flexibility index (Phi) is 7.59. The quantitative estimate of drug-likeness (QED) is 0.332. The number of methoxy groups -OCH3 is 1. The normalized spacial score (nSPS) is 10.7. The fraction of sp³-hybridized carbons (Fsp3) is 0.217. The highest BCUT2D eigenvalue weighted by atomic mass is 32.2. The minimum atomic E-state index is -0.0604. The molecule has 1 amide bonds. The van der Waals surface area contributed by atoms with E-state index in [1.54, 1.807) is 18.4 Å². The number of amides is 1. The van der Waals surface area contributed by atoms with E-state index in [1.165, 1.54) is 11.8 Å². The Balaban J connectivity index is 1.24. The number of thiazole rings is 1. The van der Waals surface area contributed by atoms with Crippen LogP contribution in [0.5, 0.6) is 5.75 Å². The van der Waals surface area contributed by atoms with Gasteiger partial charge in [0.2, 0.25) is 5.91 Å². The fourth-order valence-electron chi connectivity index (χ4n) is 3.00. The molecule has 0 saturated carbocycles. The highest BCUT2D eigenvalue weighted by Gasteiger charge is 2.12. The molecule has 10 heteroatoms. The number of hydrogen-bond donors (Lipinski definition) is 2. The van der Waals surface area contributed by atoms with E-state index in [0.29, 0.717) is 18.2 Å². The van der Waals surface area contributed by atoms with Crippen LogP contribution in [0.1, 0.15) is 11.4 Å². The van der Waals surface area contributed by atoms with E-state index in [2.05, 4.69) is 25.8 Å². The molecule has 33 heavy (non-hydrogen) atoms. The van der Waals surface area contributed by atoms with Gasteiger partial charge in [0, 0.05) is 24.5 Å². The Bertz CT molecular complexity index is 1190. The summed E-state index contributed by atoms with van der Waals surface area (Å²) in [7, 11) is 3.52. The van der Waals surface area contributed by atoms with Crippen molar-refractivity contribution in [2.45, 2.75) is 18.2 Å². The van der Waals surface area contributed by atoms with Gasteiger partial charge in [-0.05, 0) is 17.7 Å². The number of carbonyl (C=O) groups excluding carboxylic acids is 1. The van der Waals surface area contributed by atoms with Crippen LogP contribution in [0.2, 0.25) is 0 Å². The molecular formula is C23H24N6O2S2. The monoisotopic (exact) mass is 480 g/mol. The molecule has 0 spiro atoms. The van der Waals surface area contributed by atoms with Crippen LogP contribution in [-0.4, -0.2) is 38.5 Å². The summed E-state index contributed by atoms with van der Waals surface area (Å²) in [6.45, 7) is 0.964. The summed E-state index contributed by atoms with van der Waals surface area (Å²) < 4.78 is 7.03. The maximum absolute atomic E-state index is 12.2. The van der Waals surface area contributed by atoms with Crippen molar-refractivity contribution in [1.82, 2.24) is 25.1 Å². The molecule has 0 aliphatic carbocycles. The number of rotatable bonds is 10. The summed E-state index contributed by atoms with van der Waals surface area (Å²) in [5.74, 6) is 1.77. The van der Waals surface area contributed by atoms with Crippen molar-refractivity contribution in [2.24, 2.45) is 7.05 Å². The summed E-state index contributed by atoms with van der Waals surface area (Å²) in [5, 5.41) is 18.2. The van der Waals surface area contributed by atoms with Gasteiger partial charge in [0.25, 0.3) is 0 Å². The zero-order chi connectivity index (χ0) is 23.0. The maximum atomic E-state index is 12.2. The number of hydrogen-bond acceptors (Lipinski definition) is 8. The second-order valence-corrected chi connectivity index (χ2v) is 8.93. The molecule has 0 saturated heterocycles. The van der Waals surface area contributed by atoms with Crippen LogP contribution >= 0.6 is 23.1 Å². The molecule has 0 fully saturated rings. The number of anilines is 1. The van der Waals surface area contributed by atoms with Crippen LogP contribution in [0.25, 0.3) is 11.3 Å². The van der Waals surface area contributed by atoms with E-state index in [1.807, 2.05) is 71.6 Å². The summed E-state index contributed by atoms with van der Waals surface area (Å²) in [4.78, 5) is 16.9. The molecule has 2 aromatic carbocycles. The van der Waals surface area contributed by atoms with Gasteiger partial charge in [-0.25, -0.2) is 4.98 Å². The van der Waals surface area contributed by atoms with Gasteiger partial charge in [-0.3, -0.25) is 4.79 Å². The number of benzene rings is 2. The second kappa shape index (κ2) is 11.0. The zero-order valence-electron chi connectivity index (χ0n) is 18.3. The highest BCUT2D eigenvalue weighted by Crippen LogP contribution is 2.25. The zero-order valence-corrected chi connectivity index (χ0v) is 19.9. The van der Waals surface area contributed by atoms with E-state index in [9.17, 15) is 4.79 Å². The predicted octanol–water partition coefficient (Wildman–Crippen LogP) is 3.97. The number of thioether (sulfide) groups is 1. The smallest absolute Gasteiger partial charge is 0.230 e. The van der Waals surface area contributed by atoms with Gasteiger partial charge in [0.15, 0.2) is 16.1 Å². The molecule has 2 aromatic heterocycles. The van der Waals surface area contributed by atoms with Crippen molar-refractivity contribution >= 4 is 34.1 Å². The van der Waals surface area contributed by atoms with Crippen molar-refractivity contribution < 1.29 is 9.53 Å². The van der Waals surface area contributed by atoms with Gasteiger partial charge >= 0.3 is 0 Å². The molecular weight excluding hydrogens is 456 g/mol. The predicted molar refractivity (Wildman–Crippen MR) is 131 cm³/mol. The Labute approximate surface area is 200 Å². The van der Waals surface area contributed by atoms with E-state index in [0.717, 1.165) is 33.5 Å². The van der Waals surface area contributed by atoms with Gasteiger partial charge in [-0.15, -0.1) is 21.5 Å². The Morgan fingerprint density at radius 3 is 2.64 bits per heavy atom. The molecule has 170 valence electrons. The maximum Gasteiger partial charge on any atom is 0.230 e. The average molecular weight is 481 g/mol. The van der Waals surface area contributed by atoms with E-state index in [4.69, 9.17) is 4.74 Å². The molecule has 0 aliphatic rings. The lowest BCUT2D eigenvalue weighted by atomic mass is 10.2. The van der Waals surface area contributed by atoms with Crippen LogP contribution in [-0.2, 0) is 24.9 Å². The minimum Gasteiger partial charge on any atom is -0.497 e. The lowest BCUT2D eigenvalue weighted by Crippen LogP contribution is -2.24. The fourth-order valence-corrected chi connectivity index (χ4v) is 4.48. The van der Waals surface area contributed by atoms with E-state index < -0.39 is 0 Å². The molecule has 0 radical (unpaired) electrons. The molecule has 2 N–H and O–H groups in total. The summed E-state index contributed by atoms with van der Waals surface area (Å²) in [6.07, 6.45) is 0. The van der Waals surface area contributed by atoms with Crippen molar-refractivity contribution in [2.75, 3.05) is 18.2 Å². The molecule has 0 unspecified atom stereocenters. The summed E-state index contributed by atoms with van der Waals surface area (Å²) in [5.41, 5.74) is 3.04. The largest absolute Gasteiger partial charge is 0.497 e. The van der Waals surface area contributed by atoms with Crippen molar-refractivity contribution in [3.05, 3.63) is 71.4 Å².